The molecule has 1 saturated heterocycles. The van der Waals surface area contributed by atoms with Gasteiger partial charge in [0.25, 0.3) is 5.91 Å². The first-order valence-electron chi connectivity index (χ1n) is 7.03. The second-order valence-electron chi connectivity index (χ2n) is 5.64. The molecule has 0 aliphatic carbocycles. The molecule has 1 aliphatic rings. The van der Waals surface area contributed by atoms with Gasteiger partial charge in [-0.15, -0.1) is 0 Å². The van der Waals surface area contributed by atoms with Crippen molar-refractivity contribution in [1.29, 1.82) is 0 Å². The molecule has 1 aromatic heterocycles. The first kappa shape index (κ1) is 13.2. The number of furan rings is 1. The summed E-state index contributed by atoms with van der Waals surface area (Å²) in [5.41, 5.74) is 1.64. The van der Waals surface area contributed by atoms with E-state index in [0.717, 1.165) is 16.5 Å². The molecule has 2 heterocycles. The van der Waals surface area contributed by atoms with Gasteiger partial charge in [-0.05, 0) is 25.3 Å². The molecule has 1 N–H and O–H groups in total. The van der Waals surface area contributed by atoms with Gasteiger partial charge in [-0.2, -0.15) is 0 Å². The van der Waals surface area contributed by atoms with Gasteiger partial charge in [0.1, 0.15) is 5.58 Å². The smallest absolute Gasteiger partial charge is 0.289 e. The maximum Gasteiger partial charge on any atom is 0.289 e. The quantitative estimate of drug-likeness (QED) is 0.869. The van der Waals surface area contributed by atoms with Crippen LogP contribution >= 0.6 is 0 Å². The summed E-state index contributed by atoms with van der Waals surface area (Å²) in [5.74, 6) is 0.463. The van der Waals surface area contributed by atoms with Gasteiger partial charge in [-0.25, -0.2) is 0 Å². The van der Waals surface area contributed by atoms with E-state index >= 15 is 0 Å². The first-order chi connectivity index (χ1) is 9.58. The first-order valence-corrected chi connectivity index (χ1v) is 7.03. The van der Waals surface area contributed by atoms with Gasteiger partial charge in [0, 0.05) is 24.0 Å². The van der Waals surface area contributed by atoms with Crippen LogP contribution in [0, 0.1) is 12.8 Å². The predicted molar refractivity (Wildman–Crippen MR) is 76.6 cm³/mol. The third-order valence-electron chi connectivity index (χ3n) is 4.19. The van der Waals surface area contributed by atoms with Crippen molar-refractivity contribution in [3.8, 4) is 0 Å². The lowest BCUT2D eigenvalue weighted by Crippen LogP contribution is -2.45. The van der Waals surface area contributed by atoms with Crippen molar-refractivity contribution < 1.29 is 14.3 Å². The van der Waals surface area contributed by atoms with Crippen molar-refractivity contribution in [2.45, 2.75) is 26.4 Å². The van der Waals surface area contributed by atoms with E-state index in [9.17, 15) is 9.90 Å². The molecule has 20 heavy (non-hydrogen) atoms. The van der Waals surface area contributed by atoms with Crippen LogP contribution in [-0.4, -0.2) is 35.1 Å². The molecular weight excluding hydrogens is 254 g/mol. The number of piperidine rings is 1. The van der Waals surface area contributed by atoms with E-state index in [1.165, 1.54) is 0 Å². The summed E-state index contributed by atoms with van der Waals surface area (Å²) < 4.78 is 5.72. The number of likely N-dealkylation sites (tertiary alicyclic amines) is 1. The largest absolute Gasteiger partial charge is 0.451 e. The van der Waals surface area contributed by atoms with Crippen LogP contribution in [0.25, 0.3) is 11.0 Å². The van der Waals surface area contributed by atoms with Crippen LogP contribution in [0.2, 0.25) is 0 Å². The molecule has 4 nitrogen and oxygen atoms in total. The van der Waals surface area contributed by atoms with E-state index < -0.39 is 0 Å². The number of carbonyl (C=O) groups is 1. The maximum atomic E-state index is 12.6. The molecule has 0 bridgehead atoms. The SMILES string of the molecule is Cc1c(C(=O)N2CCC(O)C(C)C2)oc2ccccc12. The van der Waals surface area contributed by atoms with Gasteiger partial charge in [0.2, 0.25) is 0 Å². The fourth-order valence-corrected chi connectivity index (χ4v) is 2.84. The van der Waals surface area contributed by atoms with E-state index in [1.807, 2.05) is 38.1 Å². The molecule has 3 rings (SSSR count). The predicted octanol–water partition coefficient (Wildman–Crippen LogP) is 2.58. The fraction of sp³-hybridized carbons (Fsp3) is 0.438. The highest BCUT2D eigenvalue weighted by Crippen LogP contribution is 2.27. The van der Waals surface area contributed by atoms with Crippen molar-refractivity contribution in [1.82, 2.24) is 4.90 Å². The topological polar surface area (TPSA) is 53.7 Å². The zero-order valence-corrected chi connectivity index (χ0v) is 11.8. The number of para-hydroxylation sites is 1. The molecule has 1 amide bonds. The molecule has 2 aromatic rings. The summed E-state index contributed by atoms with van der Waals surface area (Å²) in [6.07, 6.45) is 0.322. The van der Waals surface area contributed by atoms with Crippen LogP contribution < -0.4 is 0 Å². The van der Waals surface area contributed by atoms with Gasteiger partial charge < -0.3 is 14.4 Å². The van der Waals surface area contributed by atoms with Crippen molar-refractivity contribution in [2.24, 2.45) is 5.92 Å². The zero-order valence-electron chi connectivity index (χ0n) is 11.8. The Balaban J connectivity index is 1.91. The van der Waals surface area contributed by atoms with E-state index in [1.54, 1.807) is 4.90 Å². The highest BCUT2D eigenvalue weighted by atomic mass is 16.3. The number of rotatable bonds is 1. The van der Waals surface area contributed by atoms with Crippen molar-refractivity contribution >= 4 is 16.9 Å². The van der Waals surface area contributed by atoms with Crippen LogP contribution in [0.1, 0.15) is 29.5 Å². The van der Waals surface area contributed by atoms with Gasteiger partial charge >= 0.3 is 0 Å². The third kappa shape index (κ3) is 2.10. The van der Waals surface area contributed by atoms with Crippen LogP contribution in [0.15, 0.2) is 28.7 Å². The number of hydrogen-bond acceptors (Lipinski definition) is 3. The second-order valence-corrected chi connectivity index (χ2v) is 5.64. The van der Waals surface area contributed by atoms with Crippen LogP contribution in [-0.2, 0) is 0 Å². The molecule has 1 aromatic carbocycles. The molecule has 2 atom stereocenters. The highest BCUT2D eigenvalue weighted by molar-refractivity contribution is 5.98. The number of benzene rings is 1. The Morgan fingerprint density at radius 2 is 2.15 bits per heavy atom. The Morgan fingerprint density at radius 3 is 2.85 bits per heavy atom. The molecule has 0 saturated carbocycles. The number of hydrogen-bond donors (Lipinski definition) is 1. The summed E-state index contributed by atoms with van der Waals surface area (Å²) in [6.45, 7) is 5.05. The van der Waals surface area contributed by atoms with Crippen molar-refractivity contribution in [3.63, 3.8) is 0 Å². The minimum Gasteiger partial charge on any atom is -0.451 e. The van der Waals surface area contributed by atoms with Crippen molar-refractivity contribution in [3.05, 3.63) is 35.6 Å². The summed E-state index contributed by atoms with van der Waals surface area (Å²) in [6, 6.07) is 7.69. The van der Waals surface area contributed by atoms with E-state index in [4.69, 9.17) is 4.42 Å². The number of aliphatic hydroxyl groups is 1. The number of aliphatic hydroxyl groups excluding tert-OH is 1. The molecule has 1 aliphatic heterocycles. The standard InChI is InChI=1S/C16H19NO3/c1-10-9-17(8-7-13(10)18)16(19)15-11(2)12-5-3-4-6-14(12)20-15/h3-6,10,13,18H,7-9H2,1-2H3. The molecule has 2 unspecified atom stereocenters. The molecular formula is C16H19NO3. The van der Waals surface area contributed by atoms with Crippen LogP contribution in [0.3, 0.4) is 0 Å². The summed E-state index contributed by atoms with van der Waals surface area (Å²) in [5, 5.41) is 10.7. The average Bonchev–Trinajstić information content (AvgIpc) is 2.79. The number of amides is 1. The van der Waals surface area contributed by atoms with Gasteiger partial charge in [-0.3, -0.25) is 4.79 Å². The monoisotopic (exact) mass is 273 g/mol. The third-order valence-corrected chi connectivity index (χ3v) is 4.19. The van der Waals surface area contributed by atoms with Crippen molar-refractivity contribution in [2.75, 3.05) is 13.1 Å². The lowest BCUT2D eigenvalue weighted by atomic mass is 9.96. The maximum absolute atomic E-state index is 12.6. The summed E-state index contributed by atoms with van der Waals surface area (Å²) in [4.78, 5) is 14.4. The molecule has 0 radical (unpaired) electrons. The molecule has 1 fully saturated rings. The summed E-state index contributed by atoms with van der Waals surface area (Å²) >= 11 is 0. The number of fused-ring (bicyclic) bond motifs is 1. The average molecular weight is 273 g/mol. The van der Waals surface area contributed by atoms with E-state index in [-0.39, 0.29) is 17.9 Å². The normalized spacial score (nSPS) is 23.2. The Morgan fingerprint density at radius 1 is 1.40 bits per heavy atom. The van der Waals surface area contributed by atoms with Gasteiger partial charge in [-0.1, -0.05) is 25.1 Å². The second kappa shape index (κ2) is 4.94. The van der Waals surface area contributed by atoms with E-state index in [2.05, 4.69) is 0 Å². The highest BCUT2D eigenvalue weighted by Gasteiger charge is 2.30. The number of nitrogens with zero attached hydrogens (tertiary/aromatic N) is 1. The number of aryl methyl sites for hydroxylation is 1. The lowest BCUT2D eigenvalue weighted by molar-refractivity contribution is 0.0280. The fourth-order valence-electron chi connectivity index (χ4n) is 2.84. The minimum absolute atomic E-state index is 0.0718. The summed E-state index contributed by atoms with van der Waals surface area (Å²) in [7, 11) is 0. The van der Waals surface area contributed by atoms with Crippen LogP contribution in [0.4, 0.5) is 0 Å². The van der Waals surface area contributed by atoms with Gasteiger partial charge in [0.15, 0.2) is 5.76 Å². The Hall–Kier alpha value is -1.81. The lowest BCUT2D eigenvalue weighted by Gasteiger charge is -2.33. The number of carbonyl (C=O) groups excluding carboxylic acids is 1. The molecule has 0 spiro atoms. The molecule has 4 heteroatoms. The van der Waals surface area contributed by atoms with Crippen LogP contribution in [0.5, 0.6) is 0 Å². The minimum atomic E-state index is -0.309. The Kier molecular flexibility index (Phi) is 3.26. The zero-order chi connectivity index (χ0) is 14.3. The Labute approximate surface area is 118 Å². The van der Waals surface area contributed by atoms with E-state index in [0.29, 0.717) is 25.3 Å². The Bertz CT molecular complexity index is 646. The van der Waals surface area contributed by atoms with Gasteiger partial charge in [0.05, 0.1) is 6.10 Å². The molecule has 106 valence electrons.